The van der Waals surface area contributed by atoms with Gasteiger partial charge in [0.1, 0.15) is 16.8 Å². The number of ether oxygens (including phenoxy) is 1. The SMILES string of the molecule is CC(C)(C)NS(=O)(=O)c1cc(NC(=O)C2COCCN2)ccc1F.Cl. The average Bonchev–Trinajstić information content (AvgIpc) is 2.47. The Kier molecular flexibility index (Phi) is 7.33. The molecule has 1 aromatic rings. The van der Waals surface area contributed by atoms with E-state index in [0.717, 1.165) is 12.1 Å². The van der Waals surface area contributed by atoms with Gasteiger partial charge in [-0.05, 0) is 39.0 Å². The van der Waals surface area contributed by atoms with Crippen molar-refractivity contribution in [3.63, 3.8) is 0 Å². The summed E-state index contributed by atoms with van der Waals surface area (Å²) in [5.74, 6) is -1.25. The molecule has 1 aliphatic heterocycles. The van der Waals surface area contributed by atoms with Gasteiger partial charge in [0.15, 0.2) is 0 Å². The summed E-state index contributed by atoms with van der Waals surface area (Å²) < 4.78 is 46.2. The molecular weight excluding hydrogens is 373 g/mol. The molecule has 142 valence electrons. The normalized spacial score (nSPS) is 18.3. The fourth-order valence-electron chi connectivity index (χ4n) is 2.21. The van der Waals surface area contributed by atoms with Crippen molar-refractivity contribution in [1.82, 2.24) is 10.0 Å². The number of hydrogen-bond acceptors (Lipinski definition) is 5. The predicted octanol–water partition coefficient (Wildman–Crippen LogP) is 1.25. The number of rotatable bonds is 4. The number of anilines is 1. The van der Waals surface area contributed by atoms with Crippen molar-refractivity contribution >= 4 is 34.0 Å². The van der Waals surface area contributed by atoms with E-state index in [4.69, 9.17) is 4.74 Å². The number of morpholine rings is 1. The highest BCUT2D eigenvalue weighted by molar-refractivity contribution is 7.89. The molecule has 0 saturated carbocycles. The molecule has 2 rings (SSSR count). The van der Waals surface area contributed by atoms with Gasteiger partial charge in [0.2, 0.25) is 15.9 Å². The number of hydrogen-bond donors (Lipinski definition) is 3. The number of halogens is 2. The van der Waals surface area contributed by atoms with Gasteiger partial charge in [-0.2, -0.15) is 0 Å². The van der Waals surface area contributed by atoms with Crippen LogP contribution in [0.4, 0.5) is 10.1 Å². The van der Waals surface area contributed by atoms with Crippen LogP contribution in [0.5, 0.6) is 0 Å². The first-order valence-corrected chi connectivity index (χ1v) is 9.02. The van der Waals surface area contributed by atoms with Crippen LogP contribution in [0.15, 0.2) is 23.1 Å². The zero-order valence-electron chi connectivity index (χ0n) is 14.3. The number of carbonyl (C=O) groups is 1. The molecule has 1 aliphatic rings. The lowest BCUT2D eigenvalue weighted by Gasteiger charge is -2.23. The largest absolute Gasteiger partial charge is 0.378 e. The third kappa shape index (κ3) is 6.19. The summed E-state index contributed by atoms with van der Waals surface area (Å²) in [5, 5.41) is 5.56. The van der Waals surface area contributed by atoms with E-state index in [1.165, 1.54) is 6.07 Å². The van der Waals surface area contributed by atoms with Crippen LogP contribution in [0.1, 0.15) is 20.8 Å². The number of benzene rings is 1. The Morgan fingerprint density at radius 3 is 2.60 bits per heavy atom. The summed E-state index contributed by atoms with van der Waals surface area (Å²) >= 11 is 0. The predicted molar refractivity (Wildman–Crippen MR) is 95.0 cm³/mol. The molecule has 0 aromatic heterocycles. The summed E-state index contributed by atoms with van der Waals surface area (Å²) in [5.41, 5.74) is -0.559. The maximum Gasteiger partial charge on any atom is 0.244 e. The van der Waals surface area contributed by atoms with Gasteiger partial charge in [-0.1, -0.05) is 0 Å². The highest BCUT2D eigenvalue weighted by Crippen LogP contribution is 2.21. The van der Waals surface area contributed by atoms with Crippen LogP contribution in [-0.4, -0.2) is 45.7 Å². The molecule has 25 heavy (non-hydrogen) atoms. The van der Waals surface area contributed by atoms with Gasteiger partial charge < -0.3 is 15.4 Å². The van der Waals surface area contributed by atoms with Gasteiger partial charge in [0, 0.05) is 17.8 Å². The van der Waals surface area contributed by atoms with Crippen LogP contribution in [-0.2, 0) is 19.6 Å². The lowest BCUT2D eigenvalue weighted by Crippen LogP contribution is -2.48. The molecule has 1 amide bonds. The minimum absolute atomic E-state index is 0. The second-order valence-corrected chi connectivity index (χ2v) is 8.22. The zero-order valence-corrected chi connectivity index (χ0v) is 15.9. The van der Waals surface area contributed by atoms with Crippen molar-refractivity contribution in [3.05, 3.63) is 24.0 Å². The molecule has 0 aliphatic carbocycles. The molecule has 10 heteroatoms. The molecule has 1 atom stereocenters. The number of carbonyl (C=O) groups excluding carboxylic acids is 1. The van der Waals surface area contributed by atoms with E-state index >= 15 is 0 Å². The van der Waals surface area contributed by atoms with Crippen molar-refractivity contribution in [3.8, 4) is 0 Å². The molecule has 0 radical (unpaired) electrons. The monoisotopic (exact) mass is 395 g/mol. The van der Waals surface area contributed by atoms with E-state index in [-0.39, 0.29) is 30.6 Å². The van der Waals surface area contributed by atoms with E-state index in [1.807, 2.05) is 0 Å². The molecule has 1 unspecified atom stereocenters. The maximum atomic E-state index is 14.0. The van der Waals surface area contributed by atoms with Crippen molar-refractivity contribution in [1.29, 1.82) is 0 Å². The first kappa shape index (κ1) is 21.8. The van der Waals surface area contributed by atoms with E-state index < -0.39 is 32.3 Å². The van der Waals surface area contributed by atoms with E-state index in [2.05, 4.69) is 15.4 Å². The van der Waals surface area contributed by atoms with Crippen LogP contribution in [0, 0.1) is 5.82 Å². The summed E-state index contributed by atoms with van der Waals surface area (Å²) in [7, 11) is -4.05. The van der Waals surface area contributed by atoms with Crippen molar-refractivity contribution < 1.29 is 22.3 Å². The Bertz CT molecular complexity index is 716. The molecule has 7 nitrogen and oxygen atoms in total. The van der Waals surface area contributed by atoms with Gasteiger partial charge in [0.05, 0.1) is 13.2 Å². The molecule has 1 aromatic carbocycles. The van der Waals surface area contributed by atoms with Gasteiger partial charge >= 0.3 is 0 Å². The molecule has 1 fully saturated rings. The lowest BCUT2D eigenvalue weighted by molar-refractivity contribution is -0.120. The van der Waals surface area contributed by atoms with Gasteiger partial charge in [0.25, 0.3) is 0 Å². The quantitative estimate of drug-likeness (QED) is 0.713. The second-order valence-electron chi connectivity index (χ2n) is 6.57. The summed E-state index contributed by atoms with van der Waals surface area (Å²) in [6.07, 6.45) is 0. The fraction of sp³-hybridized carbons (Fsp3) is 0.533. The first-order chi connectivity index (χ1) is 11.1. The van der Waals surface area contributed by atoms with E-state index in [0.29, 0.717) is 13.2 Å². The van der Waals surface area contributed by atoms with Crippen LogP contribution in [0.2, 0.25) is 0 Å². The Morgan fingerprint density at radius 1 is 1.36 bits per heavy atom. The molecule has 3 N–H and O–H groups in total. The Balaban J connectivity index is 0.00000312. The van der Waals surface area contributed by atoms with Crippen LogP contribution in [0.25, 0.3) is 0 Å². The van der Waals surface area contributed by atoms with E-state index in [9.17, 15) is 17.6 Å². The van der Waals surface area contributed by atoms with Crippen molar-refractivity contribution in [2.24, 2.45) is 0 Å². The van der Waals surface area contributed by atoms with Gasteiger partial charge in [-0.3, -0.25) is 4.79 Å². The zero-order chi connectivity index (χ0) is 18.0. The van der Waals surface area contributed by atoms with Crippen LogP contribution < -0.4 is 15.4 Å². The Hall–Kier alpha value is -1.26. The lowest BCUT2D eigenvalue weighted by atomic mass is 10.1. The molecular formula is C15H23ClFN3O4S. The second kappa shape index (κ2) is 8.41. The smallest absolute Gasteiger partial charge is 0.244 e. The van der Waals surface area contributed by atoms with E-state index in [1.54, 1.807) is 20.8 Å². The molecule has 0 bridgehead atoms. The summed E-state index contributed by atoms with van der Waals surface area (Å²) in [6.45, 7) is 6.27. The third-order valence-electron chi connectivity index (χ3n) is 3.17. The van der Waals surface area contributed by atoms with Crippen LogP contribution in [0.3, 0.4) is 0 Å². The summed E-state index contributed by atoms with van der Waals surface area (Å²) in [6, 6.07) is 2.90. The van der Waals surface area contributed by atoms with Gasteiger partial charge in [-0.25, -0.2) is 17.5 Å². The highest BCUT2D eigenvalue weighted by Gasteiger charge is 2.26. The minimum atomic E-state index is -4.05. The minimum Gasteiger partial charge on any atom is -0.378 e. The maximum absolute atomic E-state index is 14.0. The van der Waals surface area contributed by atoms with Crippen LogP contribution >= 0.6 is 12.4 Å². The average molecular weight is 396 g/mol. The topological polar surface area (TPSA) is 96.5 Å². The number of sulfonamides is 1. The Labute approximate surface area is 153 Å². The third-order valence-corrected chi connectivity index (χ3v) is 4.94. The number of amides is 1. The van der Waals surface area contributed by atoms with Crippen molar-refractivity contribution in [2.75, 3.05) is 25.1 Å². The Morgan fingerprint density at radius 2 is 2.04 bits per heavy atom. The summed E-state index contributed by atoms with van der Waals surface area (Å²) in [4.78, 5) is 11.6. The molecule has 1 saturated heterocycles. The molecule has 1 heterocycles. The number of nitrogens with one attached hydrogen (secondary N) is 3. The van der Waals surface area contributed by atoms with Gasteiger partial charge in [-0.15, -0.1) is 12.4 Å². The standard InChI is InChI=1S/C15H22FN3O4S.ClH/c1-15(2,3)19-24(21,22)13-8-10(4-5-11(13)16)18-14(20)12-9-23-7-6-17-12;/h4-5,8,12,17,19H,6-7,9H2,1-3H3,(H,18,20);1H. The highest BCUT2D eigenvalue weighted by atomic mass is 35.5. The first-order valence-electron chi connectivity index (χ1n) is 7.54. The molecule has 0 spiro atoms. The van der Waals surface area contributed by atoms with Crippen molar-refractivity contribution in [2.45, 2.75) is 37.2 Å². The fourth-order valence-corrected chi connectivity index (χ4v) is 3.73.